The maximum Gasteiger partial charge on any atom is 0.331 e. The highest BCUT2D eigenvalue weighted by molar-refractivity contribution is 7.53. The smallest absolute Gasteiger partial charge is 0.331 e. The number of hydrogen-bond donors (Lipinski definition) is 4. The van der Waals surface area contributed by atoms with Gasteiger partial charge in [0.1, 0.15) is 11.6 Å². The standard InChI is InChI=1S/C33H63N8O3P/c1-5-43-45(42,44-6-2)20-19-41-26(3)24-40(25-27(41)4)32-21-31(34)38-33(39-32)37-23-29-15-13-28(14-16-29)22-35-17-10-18-36-30-11-8-7-9-12-30/h21,26-30,35-36H,5-20,22-25H2,1-4H3,(H3,34,37,38,39). The number of anilines is 3. The van der Waals surface area contributed by atoms with Crippen LogP contribution in [0.5, 0.6) is 0 Å². The lowest BCUT2D eigenvalue weighted by Crippen LogP contribution is -2.57. The molecule has 2 atom stereocenters. The largest absolute Gasteiger partial charge is 0.383 e. The molecule has 2 heterocycles. The molecule has 1 aromatic heterocycles. The summed E-state index contributed by atoms with van der Waals surface area (Å²) in [7, 11) is -3.07. The molecule has 11 nitrogen and oxygen atoms in total. The van der Waals surface area contributed by atoms with Crippen LogP contribution in [0.25, 0.3) is 0 Å². The third-order valence-electron chi connectivity index (χ3n) is 9.96. The Hall–Kier alpha value is -1.49. The van der Waals surface area contributed by atoms with Gasteiger partial charge in [0.2, 0.25) is 5.95 Å². The summed E-state index contributed by atoms with van der Waals surface area (Å²) in [5.74, 6) is 3.40. The highest BCUT2D eigenvalue weighted by Gasteiger charge is 2.33. The van der Waals surface area contributed by atoms with Gasteiger partial charge in [-0.2, -0.15) is 9.97 Å². The summed E-state index contributed by atoms with van der Waals surface area (Å²) in [6.45, 7) is 15.5. The van der Waals surface area contributed by atoms with E-state index in [1.54, 1.807) is 0 Å². The first kappa shape index (κ1) is 36.3. The Morgan fingerprint density at radius 2 is 1.56 bits per heavy atom. The fourth-order valence-corrected chi connectivity index (χ4v) is 9.08. The van der Waals surface area contributed by atoms with Gasteiger partial charge in [-0.15, -0.1) is 0 Å². The lowest BCUT2D eigenvalue weighted by Gasteiger charge is -2.45. The lowest BCUT2D eigenvalue weighted by molar-refractivity contribution is 0.135. The van der Waals surface area contributed by atoms with Gasteiger partial charge >= 0.3 is 7.60 Å². The summed E-state index contributed by atoms with van der Waals surface area (Å²) < 4.78 is 24.0. The number of piperazine rings is 1. The molecule has 258 valence electrons. The minimum atomic E-state index is -3.07. The topological polar surface area (TPSA) is 130 Å². The van der Waals surface area contributed by atoms with Crippen LogP contribution in [0.4, 0.5) is 17.6 Å². The van der Waals surface area contributed by atoms with E-state index in [4.69, 9.17) is 19.8 Å². The molecule has 1 saturated heterocycles. The van der Waals surface area contributed by atoms with Crippen molar-refractivity contribution in [2.24, 2.45) is 11.8 Å². The lowest BCUT2D eigenvalue weighted by atomic mass is 9.82. The summed E-state index contributed by atoms with van der Waals surface area (Å²) in [5, 5.41) is 11.0. The van der Waals surface area contributed by atoms with Crippen molar-refractivity contribution in [2.75, 3.05) is 81.1 Å². The average molecular weight is 651 g/mol. The monoisotopic (exact) mass is 650 g/mol. The quantitative estimate of drug-likeness (QED) is 0.121. The van der Waals surface area contributed by atoms with Crippen molar-refractivity contribution in [3.63, 3.8) is 0 Å². The zero-order chi connectivity index (χ0) is 32.1. The summed E-state index contributed by atoms with van der Waals surface area (Å²) in [6, 6.07) is 3.15. The van der Waals surface area contributed by atoms with Crippen molar-refractivity contribution < 1.29 is 13.6 Å². The molecule has 2 saturated carbocycles. The number of nitrogen functional groups attached to an aromatic ring is 1. The Kier molecular flexibility index (Phi) is 15.1. The molecular weight excluding hydrogens is 587 g/mol. The van der Waals surface area contributed by atoms with Crippen LogP contribution in [-0.2, 0) is 13.6 Å². The summed E-state index contributed by atoms with van der Waals surface area (Å²) in [4.78, 5) is 14.1. The van der Waals surface area contributed by atoms with Crippen LogP contribution in [0.3, 0.4) is 0 Å². The third kappa shape index (κ3) is 11.9. The Morgan fingerprint density at radius 1 is 0.911 bits per heavy atom. The van der Waals surface area contributed by atoms with Gasteiger partial charge in [-0.05, 0) is 104 Å². The van der Waals surface area contributed by atoms with Crippen LogP contribution >= 0.6 is 7.60 Å². The molecule has 3 aliphatic rings. The van der Waals surface area contributed by atoms with Gasteiger partial charge in [0.05, 0.1) is 19.4 Å². The highest BCUT2D eigenvalue weighted by atomic mass is 31.2. The van der Waals surface area contributed by atoms with E-state index in [2.05, 4.69) is 44.6 Å². The number of hydrogen-bond acceptors (Lipinski definition) is 11. The van der Waals surface area contributed by atoms with Crippen LogP contribution < -0.4 is 26.6 Å². The van der Waals surface area contributed by atoms with Crippen LogP contribution in [0.1, 0.15) is 91.9 Å². The molecule has 1 aliphatic heterocycles. The molecule has 2 unspecified atom stereocenters. The van der Waals surface area contributed by atoms with E-state index in [1.807, 2.05) is 19.9 Å². The molecular formula is C33H63N8O3P. The highest BCUT2D eigenvalue weighted by Crippen LogP contribution is 2.48. The predicted molar refractivity (Wildman–Crippen MR) is 186 cm³/mol. The van der Waals surface area contributed by atoms with Crippen molar-refractivity contribution in [3.05, 3.63) is 6.07 Å². The van der Waals surface area contributed by atoms with Crippen LogP contribution in [-0.4, -0.2) is 98.2 Å². The van der Waals surface area contributed by atoms with Gasteiger partial charge in [-0.3, -0.25) is 9.46 Å². The number of rotatable bonds is 18. The first-order chi connectivity index (χ1) is 21.8. The Balaban J connectivity index is 1.15. The zero-order valence-corrected chi connectivity index (χ0v) is 29.5. The fraction of sp³-hybridized carbons (Fsp3) is 0.879. The molecule has 45 heavy (non-hydrogen) atoms. The van der Waals surface area contributed by atoms with E-state index in [9.17, 15) is 4.57 Å². The molecule has 5 N–H and O–H groups in total. The van der Waals surface area contributed by atoms with Gasteiger partial charge in [-0.25, -0.2) is 0 Å². The SMILES string of the molecule is CCOP(=O)(CCN1C(C)CN(c2cc(N)nc(NCC3CCC(CNCCCNC4CCCCC4)CC3)n2)CC1C)OCC. The summed E-state index contributed by atoms with van der Waals surface area (Å²) >= 11 is 0. The molecule has 1 aromatic rings. The maximum absolute atomic E-state index is 13.0. The molecule has 0 radical (unpaired) electrons. The van der Waals surface area contributed by atoms with Gasteiger partial charge in [0, 0.05) is 50.4 Å². The van der Waals surface area contributed by atoms with Gasteiger partial charge in [-0.1, -0.05) is 19.3 Å². The molecule has 0 aromatic carbocycles. The van der Waals surface area contributed by atoms with Crippen molar-refractivity contribution in [2.45, 2.75) is 110 Å². The number of nitrogens with two attached hydrogens (primary N) is 1. The molecule has 4 rings (SSSR count). The minimum absolute atomic E-state index is 0.251. The number of nitrogens with one attached hydrogen (secondary N) is 3. The van der Waals surface area contributed by atoms with Gasteiger partial charge in [0.15, 0.2) is 0 Å². The Bertz CT molecular complexity index is 1020. The zero-order valence-electron chi connectivity index (χ0n) is 28.6. The van der Waals surface area contributed by atoms with E-state index in [0.717, 1.165) is 57.0 Å². The fourth-order valence-electron chi connectivity index (χ4n) is 7.48. The van der Waals surface area contributed by atoms with Crippen LogP contribution in [0.15, 0.2) is 6.07 Å². The first-order valence-electron chi connectivity index (χ1n) is 18.0. The van der Waals surface area contributed by atoms with Crippen molar-refractivity contribution >= 4 is 25.2 Å². The normalized spacial score (nSPS) is 25.5. The second kappa shape index (κ2) is 18.7. The van der Waals surface area contributed by atoms with E-state index in [-0.39, 0.29) is 12.1 Å². The first-order valence-corrected chi connectivity index (χ1v) is 19.7. The second-order valence-corrected chi connectivity index (χ2v) is 15.8. The second-order valence-electron chi connectivity index (χ2n) is 13.6. The van der Waals surface area contributed by atoms with E-state index >= 15 is 0 Å². The van der Waals surface area contributed by atoms with Crippen LogP contribution in [0, 0.1) is 11.8 Å². The Labute approximate surface area is 273 Å². The van der Waals surface area contributed by atoms with Crippen LogP contribution in [0.2, 0.25) is 0 Å². The molecule has 0 bridgehead atoms. The molecule has 2 aliphatic carbocycles. The molecule has 12 heteroatoms. The average Bonchev–Trinajstić information content (AvgIpc) is 3.02. The Morgan fingerprint density at radius 3 is 2.20 bits per heavy atom. The number of aromatic nitrogens is 2. The molecule has 0 spiro atoms. The minimum Gasteiger partial charge on any atom is -0.383 e. The number of nitrogens with zero attached hydrogens (tertiary/aromatic N) is 4. The van der Waals surface area contributed by atoms with Gasteiger partial charge < -0.3 is 35.6 Å². The van der Waals surface area contributed by atoms with Gasteiger partial charge in [0.25, 0.3) is 0 Å². The van der Waals surface area contributed by atoms with E-state index in [1.165, 1.54) is 64.2 Å². The van der Waals surface area contributed by atoms with E-state index in [0.29, 0.717) is 43.6 Å². The molecule has 0 amide bonds. The predicted octanol–water partition coefficient (Wildman–Crippen LogP) is 5.34. The summed E-state index contributed by atoms with van der Waals surface area (Å²) in [5.41, 5.74) is 6.26. The van der Waals surface area contributed by atoms with Crippen molar-refractivity contribution in [1.82, 2.24) is 25.5 Å². The maximum atomic E-state index is 13.0. The van der Waals surface area contributed by atoms with Crippen molar-refractivity contribution in [3.8, 4) is 0 Å². The third-order valence-corrected chi connectivity index (χ3v) is 12.0. The van der Waals surface area contributed by atoms with E-state index < -0.39 is 7.60 Å². The van der Waals surface area contributed by atoms with Crippen molar-refractivity contribution in [1.29, 1.82) is 0 Å². The summed E-state index contributed by atoms with van der Waals surface area (Å²) in [6.07, 6.45) is 13.6. The molecule has 3 fully saturated rings.